The fraction of sp³-hybridized carbons (Fsp3) is 0. The Balaban J connectivity index is 2.52. The van der Waals surface area contributed by atoms with Crippen LogP contribution < -0.4 is 0 Å². The number of nitrogens with zero attached hydrogens (tertiary/aromatic N) is 2. The van der Waals surface area contributed by atoms with Crippen LogP contribution in [0.4, 0.5) is 0 Å². The van der Waals surface area contributed by atoms with Gasteiger partial charge in [0.05, 0.1) is 5.56 Å². The fourth-order valence-corrected chi connectivity index (χ4v) is 1.22. The molecule has 0 saturated heterocycles. The van der Waals surface area contributed by atoms with Crippen LogP contribution in [0.1, 0.15) is 0 Å². The van der Waals surface area contributed by atoms with E-state index in [4.69, 9.17) is 4.52 Å². The second-order valence-corrected chi connectivity index (χ2v) is 3.07. The summed E-state index contributed by atoms with van der Waals surface area (Å²) in [6.45, 7) is 0. The Morgan fingerprint density at radius 2 is 2.08 bits per heavy atom. The monoisotopic (exact) mass is 240 g/mol. The van der Waals surface area contributed by atoms with Crippen molar-refractivity contribution in [2.24, 2.45) is 0 Å². The summed E-state index contributed by atoms with van der Waals surface area (Å²) in [5, 5.41) is 13.1. The van der Waals surface area contributed by atoms with Crippen LogP contribution in [0.25, 0.3) is 11.4 Å². The molecule has 0 saturated carbocycles. The molecule has 1 heterocycles. The van der Waals surface area contributed by atoms with Gasteiger partial charge in [0.1, 0.15) is 5.75 Å². The van der Waals surface area contributed by atoms with E-state index in [1.54, 1.807) is 24.3 Å². The highest BCUT2D eigenvalue weighted by molar-refractivity contribution is 9.10. The molecule has 1 aromatic heterocycles. The summed E-state index contributed by atoms with van der Waals surface area (Å²) < 4.78 is 4.72. The van der Waals surface area contributed by atoms with Gasteiger partial charge in [-0.15, -0.1) is 0 Å². The molecule has 0 bridgehead atoms. The smallest absolute Gasteiger partial charge is 0.294 e. The molecule has 0 aliphatic rings. The lowest BCUT2D eigenvalue weighted by Crippen LogP contribution is -1.80. The van der Waals surface area contributed by atoms with E-state index in [0.29, 0.717) is 16.2 Å². The minimum Gasteiger partial charge on any atom is -0.507 e. The van der Waals surface area contributed by atoms with Gasteiger partial charge in [-0.3, -0.25) is 0 Å². The summed E-state index contributed by atoms with van der Waals surface area (Å²) in [6.07, 6.45) is 0. The Morgan fingerprint density at radius 3 is 2.69 bits per heavy atom. The van der Waals surface area contributed by atoms with E-state index in [1.807, 2.05) is 0 Å². The Labute approximate surface area is 82.3 Å². The number of aromatic nitrogens is 2. The molecule has 2 rings (SSSR count). The summed E-state index contributed by atoms with van der Waals surface area (Å²) >= 11 is 3.03. The number of rotatable bonds is 1. The van der Waals surface area contributed by atoms with Gasteiger partial charge in [0, 0.05) is 15.9 Å². The number of para-hydroxylation sites is 1. The SMILES string of the molecule is Oc1ccccc1-c1noc(Br)n1. The molecule has 4 nitrogen and oxygen atoms in total. The molecule has 1 N–H and O–H groups in total. The minimum absolute atomic E-state index is 0.135. The average Bonchev–Trinajstić information content (AvgIpc) is 2.53. The lowest BCUT2D eigenvalue weighted by Gasteiger charge is -1.96. The van der Waals surface area contributed by atoms with Crippen molar-refractivity contribution in [3.8, 4) is 17.1 Å². The number of aromatic hydroxyl groups is 1. The van der Waals surface area contributed by atoms with Gasteiger partial charge >= 0.3 is 0 Å². The van der Waals surface area contributed by atoms with Crippen molar-refractivity contribution in [2.45, 2.75) is 0 Å². The maximum Gasteiger partial charge on any atom is 0.294 e. The van der Waals surface area contributed by atoms with Crippen molar-refractivity contribution in [1.29, 1.82) is 0 Å². The maximum atomic E-state index is 9.44. The zero-order chi connectivity index (χ0) is 9.26. The van der Waals surface area contributed by atoms with Crippen molar-refractivity contribution in [3.05, 3.63) is 29.1 Å². The number of hydrogen-bond acceptors (Lipinski definition) is 4. The van der Waals surface area contributed by atoms with Gasteiger partial charge in [-0.05, 0) is 12.1 Å². The third kappa shape index (κ3) is 1.55. The number of hydrogen-bond donors (Lipinski definition) is 1. The van der Waals surface area contributed by atoms with E-state index >= 15 is 0 Å². The van der Waals surface area contributed by atoms with Crippen LogP contribution in [0, 0.1) is 0 Å². The molecule has 66 valence electrons. The molecule has 13 heavy (non-hydrogen) atoms. The maximum absolute atomic E-state index is 9.44. The zero-order valence-electron chi connectivity index (χ0n) is 6.44. The summed E-state index contributed by atoms with van der Waals surface area (Å²) in [4.78, 5) is 4.22. The third-order valence-corrected chi connectivity index (χ3v) is 1.87. The predicted molar refractivity (Wildman–Crippen MR) is 49.1 cm³/mol. The second-order valence-electron chi connectivity index (χ2n) is 2.39. The van der Waals surface area contributed by atoms with Gasteiger partial charge in [-0.2, -0.15) is 4.98 Å². The predicted octanol–water partition coefficient (Wildman–Crippen LogP) is 2.20. The van der Waals surface area contributed by atoms with Crippen LogP contribution >= 0.6 is 15.9 Å². The first-order valence-electron chi connectivity index (χ1n) is 3.55. The molecule has 1 aromatic carbocycles. The Morgan fingerprint density at radius 1 is 1.31 bits per heavy atom. The average molecular weight is 241 g/mol. The van der Waals surface area contributed by atoms with E-state index in [1.165, 1.54) is 0 Å². The summed E-state index contributed by atoms with van der Waals surface area (Å²) in [6, 6.07) is 6.81. The molecule has 0 radical (unpaired) electrons. The van der Waals surface area contributed by atoms with Crippen molar-refractivity contribution < 1.29 is 9.63 Å². The number of phenolic OH excluding ortho intramolecular Hbond substituents is 1. The van der Waals surface area contributed by atoms with Crippen LogP contribution in [0.2, 0.25) is 0 Å². The number of halogens is 1. The van der Waals surface area contributed by atoms with Gasteiger partial charge in [0.15, 0.2) is 0 Å². The highest BCUT2D eigenvalue weighted by atomic mass is 79.9. The van der Waals surface area contributed by atoms with Crippen LogP contribution in [0.5, 0.6) is 5.75 Å². The molecule has 0 fully saturated rings. The molecule has 0 atom stereocenters. The molecule has 0 aliphatic heterocycles. The van der Waals surface area contributed by atoms with Crippen LogP contribution in [-0.2, 0) is 0 Å². The molecule has 0 spiro atoms. The van der Waals surface area contributed by atoms with Crippen molar-refractivity contribution in [2.75, 3.05) is 0 Å². The van der Waals surface area contributed by atoms with Gasteiger partial charge in [0.25, 0.3) is 4.80 Å². The van der Waals surface area contributed by atoms with E-state index in [-0.39, 0.29) is 5.75 Å². The van der Waals surface area contributed by atoms with E-state index in [2.05, 4.69) is 26.1 Å². The molecular weight excluding hydrogens is 236 g/mol. The normalized spacial score (nSPS) is 10.2. The molecule has 2 aromatic rings. The number of phenols is 1. The quantitative estimate of drug-likeness (QED) is 0.831. The highest BCUT2D eigenvalue weighted by Gasteiger charge is 2.09. The first-order valence-corrected chi connectivity index (χ1v) is 4.34. The van der Waals surface area contributed by atoms with Gasteiger partial charge in [0.2, 0.25) is 5.82 Å². The van der Waals surface area contributed by atoms with E-state index in [9.17, 15) is 5.11 Å². The lowest BCUT2D eigenvalue weighted by atomic mass is 10.2. The largest absolute Gasteiger partial charge is 0.507 e. The molecule has 5 heteroatoms. The number of benzene rings is 1. The standard InChI is InChI=1S/C8H5BrN2O2/c9-8-10-7(11-13-8)5-3-1-2-4-6(5)12/h1-4,12H. The van der Waals surface area contributed by atoms with Gasteiger partial charge in [-0.1, -0.05) is 17.3 Å². The Bertz CT molecular complexity index is 428. The molecule has 0 amide bonds. The second kappa shape index (κ2) is 3.18. The summed E-state index contributed by atoms with van der Waals surface area (Å²) in [5.41, 5.74) is 0.553. The Hall–Kier alpha value is -1.36. The van der Waals surface area contributed by atoms with Crippen molar-refractivity contribution in [1.82, 2.24) is 10.1 Å². The van der Waals surface area contributed by atoms with Crippen molar-refractivity contribution >= 4 is 15.9 Å². The van der Waals surface area contributed by atoms with Crippen LogP contribution in [0.15, 0.2) is 33.6 Å². The summed E-state index contributed by atoms with van der Waals surface area (Å²) in [7, 11) is 0. The lowest BCUT2D eigenvalue weighted by molar-refractivity contribution is 0.397. The fourth-order valence-electron chi connectivity index (χ4n) is 0.977. The molecule has 0 aliphatic carbocycles. The van der Waals surface area contributed by atoms with E-state index in [0.717, 1.165) is 0 Å². The molecule has 0 unspecified atom stereocenters. The first kappa shape index (κ1) is 8.25. The topological polar surface area (TPSA) is 59.2 Å². The minimum atomic E-state index is 0.135. The molecular formula is C8H5BrN2O2. The van der Waals surface area contributed by atoms with Crippen LogP contribution in [-0.4, -0.2) is 15.2 Å². The van der Waals surface area contributed by atoms with Gasteiger partial charge in [-0.25, -0.2) is 0 Å². The highest BCUT2D eigenvalue weighted by Crippen LogP contribution is 2.26. The van der Waals surface area contributed by atoms with E-state index < -0.39 is 0 Å². The summed E-state index contributed by atoms with van der Waals surface area (Å²) in [5.74, 6) is 0.501. The third-order valence-electron chi connectivity index (χ3n) is 1.55. The van der Waals surface area contributed by atoms with Gasteiger partial charge < -0.3 is 9.63 Å². The zero-order valence-corrected chi connectivity index (χ0v) is 8.02. The Kier molecular flexibility index (Phi) is 2.02. The first-order chi connectivity index (χ1) is 6.27. The van der Waals surface area contributed by atoms with Crippen molar-refractivity contribution in [3.63, 3.8) is 0 Å². The van der Waals surface area contributed by atoms with Crippen LogP contribution in [0.3, 0.4) is 0 Å².